The van der Waals surface area contributed by atoms with Gasteiger partial charge in [-0.05, 0) is 22.9 Å². The molecule has 2 amide bonds. The Labute approximate surface area is 144 Å². The summed E-state index contributed by atoms with van der Waals surface area (Å²) in [5.74, 6) is -2.36. The number of fused-ring (bicyclic) bond motifs is 1. The van der Waals surface area contributed by atoms with E-state index >= 15 is 0 Å². The van der Waals surface area contributed by atoms with Gasteiger partial charge in [0.2, 0.25) is 0 Å². The molecule has 2 aromatic rings. The largest absolute Gasteiger partial charge is 0.540 e. The number of hydrogen-bond donors (Lipinski definition) is 0. The van der Waals surface area contributed by atoms with Gasteiger partial charge in [0.25, 0.3) is 11.8 Å². The first kappa shape index (κ1) is 16.8. The van der Waals surface area contributed by atoms with Gasteiger partial charge in [0.05, 0.1) is 0 Å². The quantitative estimate of drug-likeness (QED) is 0.711. The van der Waals surface area contributed by atoms with Gasteiger partial charge < -0.3 is 24.4 Å². The second-order valence-corrected chi connectivity index (χ2v) is 5.76. The number of ether oxygens (including phenoxy) is 1. The van der Waals surface area contributed by atoms with E-state index in [2.05, 4.69) is 0 Å². The molecule has 7 nitrogen and oxygen atoms in total. The molecule has 1 aliphatic rings. The molecule has 0 saturated carbocycles. The van der Waals surface area contributed by atoms with E-state index in [1.165, 1.54) is 4.90 Å². The number of benzene rings is 2. The summed E-state index contributed by atoms with van der Waals surface area (Å²) in [4.78, 5) is 36.8. The Hall–Kier alpha value is -3.09. The van der Waals surface area contributed by atoms with Crippen LogP contribution in [0.2, 0.25) is 0 Å². The van der Waals surface area contributed by atoms with Crippen molar-refractivity contribution < 1.29 is 24.2 Å². The predicted octanol–water partition coefficient (Wildman–Crippen LogP) is -0.361. The van der Waals surface area contributed by atoms with Crippen LogP contribution in [0.15, 0.2) is 42.5 Å². The number of carboxylic acids is 1. The van der Waals surface area contributed by atoms with Crippen LogP contribution < -0.4 is 9.84 Å². The topological polar surface area (TPSA) is 90.0 Å². The zero-order valence-corrected chi connectivity index (χ0v) is 13.5. The summed E-state index contributed by atoms with van der Waals surface area (Å²) in [6, 6.07) is 13.5. The fourth-order valence-corrected chi connectivity index (χ4v) is 2.78. The molecule has 1 aliphatic heterocycles. The Morgan fingerprint density at radius 1 is 0.920 bits per heavy atom. The highest BCUT2D eigenvalue weighted by Gasteiger charge is 2.24. The van der Waals surface area contributed by atoms with Crippen molar-refractivity contribution in [3.05, 3.63) is 42.5 Å². The molecular weight excluding hydrogens is 324 g/mol. The molecule has 1 saturated heterocycles. The molecule has 1 fully saturated rings. The summed E-state index contributed by atoms with van der Waals surface area (Å²) < 4.78 is 5.57. The van der Waals surface area contributed by atoms with Crippen molar-refractivity contribution in [1.82, 2.24) is 9.80 Å². The van der Waals surface area contributed by atoms with E-state index in [9.17, 15) is 19.5 Å². The maximum Gasteiger partial charge on any atom is 0.269 e. The molecule has 130 valence electrons. The van der Waals surface area contributed by atoms with Crippen molar-refractivity contribution >= 4 is 28.6 Å². The Balaban J connectivity index is 1.52. The van der Waals surface area contributed by atoms with Crippen LogP contribution in [0.25, 0.3) is 10.8 Å². The van der Waals surface area contributed by atoms with Crippen molar-refractivity contribution in [3.8, 4) is 5.75 Å². The Morgan fingerprint density at radius 3 is 2.24 bits per heavy atom. The van der Waals surface area contributed by atoms with E-state index in [0.29, 0.717) is 5.75 Å². The second kappa shape index (κ2) is 7.21. The van der Waals surface area contributed by atoms with E-state index in [4.69, 9.17) is 4.74 Å². The zero-order valence-electron chi connectivity index (χ0n) is 13.5. The fraction of sp³-hybridized carbons (Fsp3) is 0.278. The SMILES string of the molecule is O=C([O-])C(=O)N1CCN(C(=O)COc2ccc3ccccc3c2)CC1. The molecule has 0 spiro atoms. The van der Waals surface area contributed by atoms with Crippen LogP contribution in [0.3, 0.4) is 0 Å². The highest BCUT2D eigenvalue weighted by atomic mass is 16.5. The molecular formula is C18H17N2O5-. The number of rotatable bonds is 3. The lowest BCUT2D eigenvalue weighted by molar-refractivity contribution is -0.301. The summed E-state index contributed by atoms with van der Waals surface area (Å²) in [5, 5.41) is 12.7. The van der Waals surface area contributed by atoms with Gasteiger partial charge in [-0.3, -0.25) is 9.59 Å². The molecule has 1 heterocycles. The molecule has 0 unspecified atom stereocenters. The van der Waals surface area contributed by atoms with E-state index in [1.54, 1.807) is 4.90 Å². The lowest BCUT2D eigenvalue weighted by Gasteiger charge is -2.34. The molecule has 7 heteroatoms. The molecule has 0 atom stereocenters. The Bertz CT molecular complexity index is 812. The summed E-state index contributed by atoms with van der Waals surface area (Å²) in [5.41, 5.74) is 0. The highest BCUT2D eigenvalue weighted by Crippen LogP contribution is 2.20. The third-order valence-electron chi connectivity index (χ3n) is 4.18. The molecule has 25 heavy (non-hydrogen) atoms. The maximum absolute atomic E-state index is 12.2. The third kappa shape index (κ3) is 3.88. The summed E-state index contributed by atoms with van der Waals surface area (Å²) in [6.07, 6.45) is 0. The van der Waals surface area contributed by atoms with Crippen molar-refractivity contribution in [2.75, 3.05) is 32.8 Å². The smallest absolute Gasteiger partial charge is 0.269 e. The van der Waals surface area contributed by atoms with E-state index < -0.39 is 11.9 Å². The fourth-order valence-electron chi connectivity index (χ4n) is 2.78. The van der Waals surface area contributed by atoms with Gasteiger partial charge in [0.15, 0.2) is 6.61 Å². The molecule has 0 N–H and O–H groups in total. The number of carbonyl (C=O) groups excluding carboxylic acids is 3. The number of hydrogen-bond acceptors (Lipinski definition) is 5. The normalized spacial score (nSPS) is 14.4. The lowest BCUT2D eigenvalue weighted by Crippen LogP contribution is -2.55. The maximum atomic E-state index is 12.2. The first-order chi connectivity index (χ1) is 12.0. The first-order valence-corrected chi connectivity index (χ1v) is 7.94. The van der Waals surface area contributed by atoms with Crippen LogP contribution in [0.1, 0.15) is 0 Å². The Morgan fingerprint density at radius 2 is 1.56 bits per heavy atom. The van der Waals surface area contributed by atoms with Gasteiger partial charge in [-0.25, -0.2) is 0 Å². The van der Waals surface area contributed by atoms with Crippen molar-refractivity contribution in [1.29, 1.82) is 0 Å². The predicted molar refractivity (Wildman–Crippen MR) is 87.6 cm³/mol. The van der Waals surface area contributed by atoms with Gasteiger partial charge in [-0.15, -0.1) is 0 Å². The molecule has 0 bridgehead atoms. The third-order valence-corrected chi connectivity index (χ3v) is 4.18. The second-order valence-electron chi connectivity index (χ2n) is 5.76. The molecule has 0 aliphatic carbocycles. The monoisotopic (exact) mass is 341 g/mol. The molecule has 0 radical (unpaired) electrons. The van der Waals surface area contributed by atoms with Crippen LogP contribution in [-0.4, -0.2) is 60.4 Å². The van der Waals surface area contributed by atoms with Crippen LogP contribution in [-0.2, 0) is 14.4 Å². The van der Waals surface area contributed by atoms with Crippen molar-refractivity contribution in [3.63, 3.8) is 0 Å². The summed E-state index contributed by atoms with van der Waals surface area (Å²) >= 11 is 0. The summed E-state index contributed by atoms with van der Waals surface area (Å²) in [6.45, 7) is 0.799. The van der Waals surface area contributed by atoms with E-state index in [1.807, 2.05) is 42.5 Å². The molecule has 0 aromatic heterocycles. The van der Waals surface area contributed by atoms with Crippen molar-refractivity contribution in [2.45, 2.75) is 0 Å². The van der Waals surface area contributed by atoms with E-state index in [-0.39, 0.29) is 38.7 Å². The van der Waals surface area contributed by atoms with Crippen LogP contribution in [0, 0.1) is 0 Å². The first-order valence-electron chi connectivity index (χ1n) is 7.94. The van der Waals surface area contributed by atoms with Gasteiger partial charge in [0, 0.05) is 26.2 Å². The van der Waals surface area contributed by atoms with Gasteiger partial charge in [-0.1, -0.05) is 30.3 Å². The van der Waals surface area contributed by atoms with Crippen molar-refractivity contribution in [2.24, 2.45) is 0 Å². The number of amides is 2. The molecule has 2 aromatic carbocycles. The minimum Gasteiger partial charge on any atom is -0.540 e. The highest BCUT2D eigenvalue weighted by molar-refractivity contribution is 6.30. The van der Waals surface area contributed by atoms with Crippen LogP contribution in [0.4, 0.5) is 0 Å². The minimum absolute atomic E-state index is 0.104. The van der Waals surface area contributed by atoms with Crippen LogP contribution >= 0.6 is 0 Å². The molecule has 3 rings (SSSR count). The average molecular weight is 341 g/mol. The standard InChI is InChI=1S/C18H18N2O5/c21-16(19-7-9-20(10-8-19)17(22)18(23)24)12-25-15-6-5-13-3-1-2-4-14(13)11-15/h1-6,11H,7-10,12H2,(H,23,24)/p-1. The number of aliphatic carboxylic acids is 1. The summed E-state index contributed by atoms with van der Waals surface area (Å²) in [7, 11) is 0. The lowest BCUT2D eigenvalue weighted by atomic mass is 10.1. The number of carbonyl (C=O) groups is 3. The minimum atomic E-state index is -1.72. The van der Waals surface area contributed by atoms with Gasteiger partial charge in [-0.2, -0.15) is 0 Å². The van der Waals surface area contributed by atoms with E-state index in [0.717, 1.165) is 10.8 Å². The number of carboxylic acid groups (broad SMARTS) is 1. The number of nitrogens with zero attached hydrogens (tertiary/aromatic N) is 2. The average Bonchev–Trinajstić information content (AvgIpc) is 2.65. The number of piperazine rings is 1. The van der Waals surface area contributed by atoms with Crippen LogP contribution in [0.5, 0.6) is 5.75 Å². The Kier molecular flexibility index (Phi) is 4.83. The van der Waals surface area contributed by atoms with Gasteiger partial charge in [0.1, 0.15) is 11.7 Å². The van der Waals surface area contributed by atoms with Gasteiger partial charge >= 0.3 is 0 Å². The zero-order chi connectivity index (χ0) is 17.8.